The van der Waals surface area contributed by atoms with Gasteiger partial charge in [-0.05, 0) is 43.7 Å². The Hall–Kier alpha value is -0.770. The van der Waals surface area contributed by atoms with Crippen molar-refractivity contribution in [1.82, 2.24) is 5.32 Å². The molecule has 0 saturated carbocycles. The minimum absolute atomic E-state index is 0.363. The molecule has 1 aromatic carbocycles. The number of rotatable bonds is 7. The van der Waals surface area contributed by atoms with E-state index in [9.17, 15) is 0 Å². The molecule has 96 valence electrons. The van der Waals surface area contributed by atoms with E-state index in [0.29, 0.717) is 6.04 Å². The first-order valence-corrected chi connectivity index (χ1v) is 6.07. The Kier molecular flexibility index (Phi) is 6.34. The Morgan fingerprint density at radius 2 is 2.12 bits per heavy atom. The van der Waals surface area contributed by atoms with Crippen LogP contribution in [0.4, 0.5) is 0 Å². The van der Waals surface area contributed by atoms with Crippen LogP contribution in [0.1, 0.15) is 12.0 Å². The van der Waals surface area contributed by atoms with E-state index in [4.69, 9.17) is 21.1 Å². The molecule has 0 fully saturated rings. The predicted octanol–water partition coefficient (Wildman–Crippen LogP) is 2.52. The van der Waals surface area contributed by atoms with E-state index in [1.54, 1.807) is 14.2 Å². The van der Waals surface area contributed by atoms with Gasteiger partial charge in [0.2, 0.25) is 0 Å². The molecule has 0 amide bonds. The van der Waals surface area contributed by atoms with E-state index in [1.807, 2.05) is 25.2 Å². The summed E-state index contributed by atoms with van der Waals surface area (Å²) in [6, 6.07) is 6.06. The van der Waals surface area contributed by atoms with Crippen LogP contribution in [0, 0.1) is 0 Å². The molecular weight excluding hydrogens is 238 g/mol. The molecule has 0 radical (unpaired) electrons. The molecule has 0 aliphatic carbocycles. The number of hydrogen-bond donors (Lipinski definition) is 1. The number of methoxy groups -OCH3 is 2. The Labute approximate surface area is 108 Å². The Bertz CT molecular complexity index is 344. The average Bonchev–Trinajstić information content (AvgIpc) is 2.34. The highest BCUT2D eigenvalue weighted by atomic mass is 35.5. The number of benzene rings is 1. The SMILES string of the molecule is CNC(CCOC)Cc1cc(Cl)ccc1OC. The molecule has 1 rings (SSSR count). The van der Waals surface area contributed by atoms with E-state index in [1.165, 1.54) is 0 Å². The average molecular weight is 258 g/mol. The summed E-state index contributed by atoms with van der Waals surface area (Å²) >= 11 is 6.00. The fourth-order valence-electron chi connectivity index (χ4n) is 1.78. The molecule has 3 nitrogen and oxygen atoms in total. The Balaban J connectivity index is 2.73. The van der Waals surface area contributed by atoms with Gasteiger partial charge in [0.25, 0.3) is 0 Å². The molecule has 0 saturated heterocycles. The number of ether oxygens (including phenoxy) is 2. The third-order valence-corrected chi connectivity index (χ3v) is 3.02. The third kappa shape index (κ3) is 4.54. The van der Waals surface area contributed by atoms with Gasteiger partial charge in [-0.15, -0.1) is 0 Å². The molecule has 17 heavy (non-hydrogen) atoms. The molecular formula is C13H20ClNO2. The number of hydrogen-bond acceptors (Lipinski definition) is 3. The van der Waals surface area contributed by atoms with Gasteiger partial charge in [0.15, 0.2) is 0 Å². The maximum atomic E-state index is 6.00. The normalized spacial score (nSPS) is 12.5. The van der Waals surface area contributed by atoms with Gasteiger partial charge in [0, 0.05) is 24.8 Å². The van der Waals surface area contributed by atoms with Crippen LogP contribution >= 0.6 is 11.6 Å². The zero-order valence-corrected chi connectivity index (χ0v) is 11.4. The zero-order chi connectivity index (χ0) is 12.7. The summed E-state index contributed by atoms with van der Waals surface area (Å²) in [7, 11) is 5.35. The molecule has 1 atom stereocenters. The molecule has 1 aromatic rings. The van der Waals surface area contributed by atoms with Crippen LogP contribution in [0.15, 0.2) is 18.2 Å². The smallest absolute Gasteiger partial charge is 0.122 e. The summed E-state index contributed by atoms with van der Waals surface area (Å²) in [5.74, 6) is 0.882. The van der Waals surface area contributed by atoms with Crippen molar-refractivity contribution in [1.29, 1.82) is 0 Å². The topological polar surface area (TPSA) is 30.5 Å². The first kappa shape index (κ1) is 14.3. The second-order valence-corrected chi connectivity index (χ2v) is 4.36. The number of halogens is 1. The quantitative estimate of drug-likeness (QED) is 0.814. The van der Waals surface area contributed by atoms with Crippen molar-refractivity contribution >= 4 is 11.6 Å². The van der Waals surface area contributed by atoms with E-state index in [0.717, 1.165) is 35.8 Å². The monoisotopic (exact) mass is 257 g/mol. The van der Waals surface area contributed by atoms with Gasteiger partial charge in [-0.1, -0.05) is 11.6 Å². The summed E-state index contributed by atoms with van der Waals surface area (Å²) < 4.78 is 10.4. The molecule has 0 bridgehead atoms. The lowest BCUT2D eigenvalue weighted by molar-refractivity contribution is 0.183. The second-order valence-electron chi connectivity index (χ2n) is 3.93. The van der Waals surface area contributed by atoms with Gasteiger partial charge >= 0.3 is 0 Å². The molecule has 1 N–H and O–H groups in total. The van der Waals surface area contributed by atoms with Gasteiger partial charge in [0.05, 0.1) is 7.11 Å². The van der Waals surface area contributed by atoms with Crippen LogP contribution in [-0.2, 0) is 11.2 Å². The maximum absolute atomic E-state index is 6.00. The van der Waals surface area contributed by atoms with Crippen LogP contribution in [0.2, 0.25) is 5.02 Å². The lowest BCUT2D eigenvalue weighted by Crippen LogP contribution is -2.29. The first-order valence-electron chi connectivity index (χ1n) is 5.70. The van der Waals surface area contributed by atoms with Gasteiger partial charge in [-0.25, -0.2) is 0 Å². The minimum atomic E-state index is 0.363. The number of likely N-dealkylation sites (N-methyl/N-ethyl adjacent to an activating group) is 1. The van der Waals surface area contributed by atoms with Crippen molar-refractivity contribution in [2.45, 2.75) is 18.9 Å². The zero-order valence-electron chi connectivity index (χ0n) is 10.6. The van der Waals surface area contributed by atoms with E-state index in [2.05, 4.69) is 5.32 Å². The van der Waals surface area contributed by atoms with Crippen molar-refractivity contribution in [3.8, 4) is 5.75 Å². The summed E-state index contributed by atoms with van der Waals surface area (Å²) in [5, 5.41) is 4.02. The largest absolute Gasteiger partial charge is 0.496 e. The van der Waals surface area contributed by atoms with Crippen LogP contribution < -0.4 is 10.1 Å². The molecule has 0 heterocycles. The maximum Gasteiger partial charge on any atom is 0.122 e. The van der Waals surface area contributed by atoms with Gasteiger partial charge < -0.3 is 14.8 Å². The van der Waals surface area contributed by atoms with Crippen LogP contribution in [0.25, 0.3) is 0 Å². The number of nitrogens with one attached hydrogen (secondary N) is 1. The summed E-state index contributed by atoms with van der Waals surface area (Å²) in [4.78, 5) is 0. The molecule has 0 aromatic heterocycles. The Morgan fingerprint density at radius 3 is 2.71 bits per heavy atom. The Morgan fingerprint density at radius 1 is 1.35 bits per heavy atom. The highest BCUT2D eigenvalue weighted by Gasteiger charge is 2.11. The summed E-state index contributed by atoms with van der Waals surface area (Å²) in [5.41, 5.74) is 1.12. The molecule has 4 heteroatoms. The van der Waals surface area contributed by atoms with Crippen molar-refractivity contribution in [2.24, 2.45) is 0 Å². The fourth-order valence-corrected chi connectivity index (χ4v) is 1.98. The van der Waals surface area contributed by atoms with E-state index in [-0.39, 0.29) is 0 Å². The third-order valence-electron chi connectivity index (χ3n) is 2.79. The van der Waals surface area contributed by atoms with Crippen molar-refractivity contribution < 1.29 is 9.47 Å². The van der Waals surface area contributed by atoms with Gasteiger partial charge in [0.1, 0.15) is 5.75 Å². The fraction of sp³-hybridized carbons (Fsp3) is 0.538. The van der Waals surface area contributed by atoms with Crippen molar-refractivity contribution in [3.63, 3.8) is 0 Å². The van der Waals surface area contributed by atoms with Crippen LogP contribution in [0.5, 0.6) is 5.75 Å². The van der Waals surface area contributed by atoms with Crippen molar-refractivity contribution in [3.05, 3.63) is 28.8 Å². The van der Waals surface area contributed by atoms with Crippen molar-refractivity contribution in [2.75, 3.05) is 27.9 Å². The predicted molar refractivity (Wildman–Crippen MR) is 71.0 cm³/mol. The highest BCUT2D eigenvalue weighted by Crippen LogP contribution is 2.24. The van der Waals surface area contributed by atoms with E-state index < -0.39 is 0 Å². The molecule has 0 aliphatic heterocycles. The highest BCUT2D eigenvalue weighted by molar-refractivity contribution is 6.30. The lowest BCUT2D eigenvalue weighted by Gasteiger charge is -2.17. The first-order chi connectivity index (χ1) is 8.21. The van der Waals surface area contributed by atoms with Crippen LogP contribution in [-0.4, -0.2) is 33.9 Å². The minimum Gasteiger partial charge on any atom is -0.496 e. The molecule has 0 spiro atoms. The van der Waals surface area contributed by atoms with E-state index >= 15 is 0 Å². The summed E-state index contributed by atoms with van der Waals surface area (Å²) in [6.45, 7) is 0.744. The van der Waals surface area contributed by atoms with Crippen LogP contribution in [0.3, 0.4) is 0 Å². The lowest BCUT2D eigenvalue weighted by atomic mass is 10.0. The summed E-state index contributed by atoms with van der Waals surface area (Å²) in [6.07, 6.45) is 1.84. The molecule has 0 aliphatic rings. The standard InChI is InChI=1S/C13H20ClNO2/c1-15-12(6-7-16-2)9-10-8-11(14)4-5-13(10)17-3/h4-5,8,12,15H,6-7,9H2,1-3H3. The second kappa shape index (κ2) is 7.54. The molecule has 1 unspecified atom stereocenters. The van der Waals surface area contributed by atoms with Gasteiger partial charge in [-0.3, -0.25) is 0 Å². The van der Waals surface area contributed by atoms with Gasteiger partial charge in [-0.2, -0.15) is 0 Å².